The Bertz CT molecular complexity index is 431. The van der Waals surface area contributed by atoms with Gasteiger partial charge in [0.05, 0.1) is 12.1 Å². The van der Waals surface area contributed by atoms with Crippen molar-refractivity contribution in [3.8, 4) is 12.1 Å². The Labute approximate surface area is 94.8 Å². The van der Waals surface area contributed by atoms with E-state index in [1.54, 1.807) is 0 Å². The molecule has 0 saturated carbocycles. The first-order chi connectivity index (χ1) is 7.94. The first-order valence-electron chi connectivity index (χ1n) is 4.46. The fourth-order valence-electron chi connectivity index (χ4n) is 1.28. The summed E-state index contributed by atoms with van der Waals surface area (Å²) in [4.78, 5) is 0. The molecule has 0 aromatic rings. The summed E-state index contributed by atoms with van der Waals surface area (Å²) in [7, 11) is 0. The second-order valence-electron chi connectivity index (χ2n) is 3.32. The van der Waals surface area contributed by atoms with Gasteiger partial charge in [-0.25, -0.2) is 17.6 Å². The molecule has 6 heteroatoms. The average molecular weight is 242 g/mol. The normalized spacial score (nSPS) is 18.1. The van der Waals surface area contributed by atoms with Crippen LogP contribution in [0, 0.1) is 28.1 Å². The summed E-state index contributed by atoms with van der Waals surface area (Å²) in [6.45, 7) is 0. The van der Waals surface area contributed by atoms with Gasteiger partial charge < -0.3 is 0 Å². The molecule has 0 heterocycles. The van der Waals surface area contributed by atoms with Crippen LogP contribution in [-0.4, -0.2) is 12.9 Å². The van der Waals surface area contributed by atoms with Crippen molar-refractivity contribution in [1.29, 1.82) is 10.5 Å². The average Bonchev–Trinajstić information content (AvgIpc) is 2.49. The van der Waals surface area contributed by atoms with Crippen LogP contribution in [0.15, 0.2) is 35.5 Å². The molecule has 0 aliphatic heterocycles. The molecular weight excluding hydrogens is 236 g/mol. The third-order valence-electron chi connectivity index (χ3n) is 2.13. The fraction of sp³-hybridized carbons (Fsp3) is 0.273. The van der Waals surface area contributed by atoms with Crippen LogP contribution in [0.25, 0.3) is 0 Å². The van der Waals surface area contributed by atoms with Crippen LogP contribution >= 0.6 is 0 Å². The zero-order chi connectivity index (χ0) is 13.1. The maximum Gasteiger partial charge on any atom is 0.263 e. The van der Waals surface area contributed by atoms with Gasteiger partial charge >= 0.3 is 0 Å². The molecule has 1 aliphatic carbocycles. The summed E-state index contributed by atoms with van der Waals surface area (Å²) in [5.74, 6) is 0. The van der Waals surface area contributed by atoms with Gasteiger partial charge in [-0.05, 0) is 12.2 Å². The van der Waals surface area contributed by atoms with E-state index in [2.05, 4.69) is 0 Å². The van der Waals surface area contributed by atoms with E-state index in [0.717, 1.165) is 12.2 Å². The molecule has 0 fully saturated rings. The highest BCUT2D eigenvalue weighted by atomic mass is 19.3. The smallest absolute Gasteiger partial charge is 0.205 e. The van der Waals surface area contributed by atoms with Gasteiger partial charge in [-0.1, -0.05) is 12.2 Å². The maximum atomic E-state index is 12.5. The molecule has 1 rings (SSSR count). The standard InChI is InChI=1S/C11H6F4N2/c12-9(13)7-1-2-8(10(14)15)4-11(3-7,5-16)6-17/h1-4,9-10H. The molecular formula is C11H6F4N2. The second kappa shape index (κ2) is 4.84. The van der Waals surface area contributed by atoms with E-state index in [0.29, 0.717) is 12.2 Å². The second-order valence-corrected chi connectivity index (χ2v) is 3.32. The van der Waals surface area contributed by atoms with Gasteiger partial charge in [0.15, 0.2) is 5.41 Å². The minimum atomic E-state index is -2.93. The summed E-state index contributed by atoms with van der Waals surface area (Å²) in [5, 5.41) is 17.6. The minimum Gasteiger partial charge on any atom is -0.205 e. The first kappa shape index (κ1) is 13.0. The van der Waals surface area contributed by atoms with E-state index in [4.69, 9.17) is 10.5 Å². The fourth-order valence-corrected chi connectivity index (χ4v) is 1.28. The zero-order valence-electron chi connectivity index (χ0n) is 8.37. The van der Waals surface area contributed by atoms with Gasteiger partial charge in [0.2, 0.25) is 0 Å². The number of halogens is 4. The highest BCUT2D eigenvalue weighted by Crippen LogP contribution is 2.30. The topological polar surface area (TPSA) is 47.6 Å². The molecule has 0 atom stereocenters. The summed E-state index contributed by atoms with van der Waals surface area (Å²) in [6.07, 6.45) is -2.89. The summed E-state index contributed by atoms with van der Waals surface area (Å²) in [6, 6.07) is 2.91. The largest absolute Gasteiger partial charge is 0.263 e. The van der Waals surface area contributed by atoms with Crippen LogP contribution in [0.5, 0.6) is 0 Å². The summed E-state index contributed by atoms with van der Waals surface area (Å²) in [5.41, 5.74) is -3.33. The molecule has 0 spiro atoms. The lowest BCUT2D eigenvalue weighted by molar-refractivity contribution is 0.192. The van der Waals surface area contributed by atoms with Gasteiger partial charge in [0, 0.05) is 11.1 Å². The number of allylic oxidation sites excluding steroid dienone is 6. The molecule has 1 aliphatic rings. The van der Waals surface area contributed by atoms with Gasteiger partial charge in [-0.15, -0.1) is 0 Å². The van der Waals surface area contributed by atoms with Crippen molar-refractivity contribution in [2.24, 2.45) is 5.41 Å². The number of hydrogen-bond donors (Lipinski definition) is 0. The van der Waals surface area contributed by atoms with Crippen molar-refractivity contribution in [3.05, 3.63) is 35.5 Å². The van der Waals surface area contributed by atoms with Crippen LogP contribution in [0.1, 0.15) is 0 Å². The monoisotopic (exact) mass is 242 g/mol. The summed E-state index contributed by atoms with van der Waals surface area (Å²) >= 11 is 0. The van der Waals surface area contributed by atoms with Gasteiger partial charge in [0.1, 0.15) is 0 Å². The van der Waals surface area contributed by atoms with E-state index in [9.17, 15) is 17.6 Å². The van der Waals surface area contributed by atoms with E-state index in [1.807, 2.05) is 0 Å². The molecule has 0 amide bonds. The van der Waals surface area contributed by atoms with Gasteiger partial charge in [-0.3, -0.25) is 0 Å². The molecule has 88 valence electrons. The van der Waals surface area contributed by atoms with Gasteiger partial charge in [-0.2, -0.15) is 10.5 Å². The zero-order valence-corrected chi connectivity index (χ0v) is 8.37. The van der Waals surface area contributed by atoms with Crippen molar-refractivity contribution in [1.82, 2.24) is 0 Å². The quantitative estimate of drug-likeness (QED) is 0.699. The molecule has 0 unspecified atom stereocenters. The highest BCUT2D eigenvalue weighted by Gasteiger charge is 2.30. The number of nitrogens with zero attached hydrogens (tertiary/aromatic N) is 2. The predicted molar refractivity (Wildman–Crippen MR) is 51.0 cm³/mol. The lowest BCUT2D eigenvalue weighted by atomic mass is 9.88. The lowest BCUT2D eigenvalue weighted by Gasteiger charge is -2.10. The van der Waals surface area contributed by atoms with E-state index in [1.165, 1.54) is 12.1 Å². The lowest BCUT2D eigenvalue weighted by Crippen LogP contribution is -2.12. The minimum absolute atomic E-state index is 0.625. The molecule has 0 radical (unpaired) electrons. The third kappa shape index (κ3) is 2.73. The van der Waals surface area contributed by atoms with Crippen molar-refractivity contribution in [2.45, 2.75) is 12.9 Å². The van der Waals surface area contributed by atoms with Gasteiger partial charge in [0.25, 0.3) is 12.9 Å². The maximum absolute atomic E-state index is 12.5. The van der Waals surface area contributed by atoms with E-state index in [-0.39, 0.29) is 0 Å². The van der Waals surface area contributed by atoms with E-state index >= 15 is 0 Å². The molecule has 0 aromatic carbocycles. The highest BCUT2D eigenvalue weighted by molar-refractivity contribution is 5.46. The van der Waals surface area contributed by atoms with Crippen LogP contribution in [0.4, 0.5) is 17.6 Å². The van der Waals surface area contributed by atoms with E-state index < -0.39 is 29.4 Å². The van der Waals surface area contributed by atoms with Crippen molar-refractivity contribution in [3.63, 3.8) is 0 Å². The third-order valence-corrected chi connectivity index (χ3v) is 2.13. The Hall–Kier alpha value is -2.08. The summed E-state index contributed by atoms with van der Waals surface area (Å²) < 4.78 is 50.0. The van der Waals surface area contributed by atoms with Crippen LogP contribution < -0.4 is 0 Å². The Balaban J connectivity index is 3.36. The Morgan fingerprint density at radius 3 is 1.47 bits per heavy atom. The Morgan fingerprint density at radius 1 is 0.882 bits per heavy atom. The molecule has 0 N–H and O–H groups in total. The molecule has 17 heavy (non-hydrogen) atoms. The van der Waals surface area contributed by atoms with Crippen molar-refractivity contribution < 1.29 is 17.6 Å². The Kier molecular flexibility index (Phi) is 3.69. The number of hydrogen-bond acceptors (Lipinski definition) is 2. The van der Waals surface area contributed by atoms with Crippen LogP contribution in [0.3, 0.4) is 0 Å². The molecule has 0 aromatic heterocycles. The molecule has 0 bridgehead atoms. The number of rotatable bonds is 2. The van der Waals surface area contributed by atoms with Crippen LogP contribution in [-0.2, 0) is 0 Å². The SMILES string of the molecule is N#CC1(C#N)C=C(C(F)F)C=CC(C(F)F)=C1. The van der Waals surface area contributed by atoms with Crippen molar-refractivity contribution in [2.75, 3.05) is 0 Å². The van der Waals surface area contributed by atoms with Crippen LogP contribution in [0.2, 0.25) is 0 Å². The number of nitriles is 2. The molecule has 0 saturated heterocycles. The van der Waals surface area contributed by atoms with Crippen molar-refractivity contribution >= 4 is 0 Å². The Morgan fingerprint density at radius 2 is 1.24 bits per heavy atom. The first-order valence-corrected chi connectivity index (χ1v) is 4.46. The number of alkyl halides is 4. The molecule has 2 nitrogen and oxygen atoms in total. The predicted octanol–water partition coefficient (Wildman–Crippen LogP) is 2.97.